The van der Waals surface area contributed by atoms with Crippen LogP contribution < -0.4 is 9.84 Å². The van der Waals surface area contributed by atoms with Gasteiger partial charge >= 0.3 is 0 Å². The molecule has 22 heavy (non-hydrogen) atoms. The standard InChI is InChI=1S/C14H13NO5S2/c1-20-10-5-3-2-4-8(10)6-11-12(17)15(14(21)22-11)9(7-16)13(18)19/h2-6,9,16H,7H2,1H3,(H,18,19)/p-1/b11-6-/t9-/m1/s1. The van der Waals surface area contributed by atoms with Crippen LogP contribution in [-0.4, -0.2) is 46.0 Å². The zero-order chi connectivity index (χ0) is 16.3. The lowest BCUT2D eigenvalue weighted by Crippen LogP contribution is -2.51. The van der Waals surface area contributed by atoms with Crippen molar-refractivity contribution in [1.82, 2.24) is 4.90 Å². The minimum atomic E-state index is -1.56. The van der Waals surface area contributed by atoms with Crippen LogP contribution in [-0.2, 0) is 9.59 Å². The minimum Gasteiger partial charge on any atom is -0.548 e. The number of ether oxygens (including phenoxy) is 1. The lowest BCUT2D eigenvalue weighted by molar-refractivity contribution is -0.311. The van der Waals surface area contributed by atoms with Gasteiger partial charge in [0.15, 0.2) is 0 Å². The number of carbonyl (C=O) groups is 2. The fourth-order valence-corrected chi connectivity index (χ4v) is 3.28. The van der Waals surface area contributed by atoms with Crippen LogP contribution in [0.3, 0.4) is 0 Å². The molecule has 1 heterocycles. The summed E-state index contributed by atoms with van der Waals surface area (Å²) >= 11 is 6.00. The zero-order valence-corrected chi connectivity index (χ0v) is 13.1. The number of hydrogen-bond donors (Lipinski definition) is 1. The molecule has 1 saturated heterocycles. The van der Waals surface area contributed by atoms with Crippen molar-refractivity contribution in [3.8, 4) is 5.75 Å². The average Bonchev–Trinajstić information content (AvgIpc) is 2.76. The second kappa shape index (κ2) is 6.91. The molecule has 1 aromatic carbocycles. The van der Waals surface area contributed by atoms with E-state index in [4.69, 9.17) is 22.1 Å². The molecule has 0 aromatic heterocycles. The third kappa shape index (κ3) is 3.13. The van der Waals surface area contributed by atoms with E-state index in [2.05, 4.69) is 0 Å². The van der Waals surface area contributed by atoms with Gasteiger partial charge in [-0.05, 0) is 12.1 Å². The molecule has 2 rings (SSSR count). The lowest BCUT2D eigenvalue weighted by Gasteiger charge is -2.25. The molecule has 0 saturated carbocycles. The molecule has 1 amide bonds. The molecule has 0 radical (unpaired) electrons. The van der Waals surface area contributed by atoms with Gasteiger partial charge < -0.3 is 19.7 Å². The van der Waals surface area contributed by atoms with Gasteiger partial charge in [-0.25, -0.2) is 0 Å². The SMILES string of the molecule is COc1ccccc1/C=C1\SC(=S)N([C@H](CO)C(=O)[O-])C1=O. The van der Waals surface area contributed by atoms with Crippen LogP contribution in [0.25, 0.3) is 6.08 Å². The number of rotatable bonds is 5. The monoisotopic (exact) mass is 338 g/mol. The molecular weight excluding hydrogens is 326 g/mol. The van der Waals surface area contributed by atoms with E-state index < -0.39 is 24.5 Å². The molecule has 1 atom stereocenters. The number of para-hydroxylation sites is 1. The van der Waals surface area contributed by atoms with Crippen LogP contribution in [0.5, 0.6) is 5.75 Å². The highest BCUT2D eigenvalue weighted by molar-refractivity contribution is 8.26. The van der Waals surface area contributed by atoms with Gasteiger partial charge in [0.1, 0.15) is 16.1 Å². The van der Waals surface area contributed by atoms with Gasteiger partial charge in [-0.2, -0.15) is 0 Å². The molecule has 0 unspecified atom stereocenters. The lowest BCUT2D eigenvalue weighted by atomic mass is 10.2. The quantitative estimate of drug-likeness (QED) is 0.597. The average molecular weight is 338 g/mol. The maximum atomic E-state index is 12.3. The van der Waals surface area contributed by atoms with Crippen molar-refractivity contribution in [3.63, 3.8) is 0 Å². The Bertz CT molecular complexity index is 658. The molecule has 116 valence electrons. The molecule has 1 aliphatic heterocycles. The Hall–Kier alpha value is -1.90. The number of carbonyl (C=O) groups excluding carboxylic acids is 2. The second-order valence-electron chi connectivity index (χ2n) is 4.31. The normalized spacial score (nSPS) is 17.9. The third-order valence-electron chi connectivity index (χ3n) is 3.01. The molecule has 6 nitrogen and oxygen atoms in total. The predicted molar refractivity (Wildman–Crippen MR) is 83.9 cm³/mol. The van der Waals surface area contributed by atoms with E-state index in [9.17, 15) is 14.7 Å². The highest BCUT2D eigenvalue weighted by atomic mass is 32.2. The summed E-state index contributed by atoms with van der Waals surface area (Å²) in [6, 6.07) is 5.58. The number of carboxylic acid groups (broad SMARTS) is 1. The van der Waals surface area contributed by atoms with Crippen LogP contribution in [0.1, 0.15) is 5.56 Å². The van der Waals surface area contributed by atoms with E-state index in [0.717, 1.165) is 16.7 Å². The van der Waals surface area contributed by atoms with Crippen molar-refractivity contribution in [2.24, 2.45) is 0 Å². The molecule has 1 aromatic rings. The van der Waals surface area contributed by atoms with Crippen LogP contribution in [0.4, 0.5) is 0 Å². The van der Waals surface area contributed by atoms with Crippen molar-refractivity contribution >= 4 is 46.3 Å². The summed E-state index contributed by atoms with van der Waals surface area (Å²) in [6.07, 6.45) is 1.57. The smallest absolute Gasteiger partial charge is 0.266 e. The van der Waals surface area contributed by atoms with E-state index in [1.807, 2.05) is 0 Å². The van der Waals surface area contributed by atoms with Gasteiger partial charge in [-0.1, -0.05) is 42.2 Å². The van der Waals surface area contributed by atoms with Gasteiger partial charge in [0.05, 0.1) is 24.6 Å². The highest BCUT2D eigenvalue weighted by Gasteiger charge is 2.37. The van der Waals surface area contributed by atoms with E-state index in [-0.39, 0.29) is 9.23 Å². The number of aliphatic carboxylic acids is 1. The summed E-state index contributed by atoms with van der Waals surface area (Å²) in [4.78, 5) is 24.4. The van der Waals surface area contributed by atoms with E-state index in [0.29, 0.717) is 11.3 Å². The fourth-order valence-electron chi connectivity index (χ4n) is 1.94. The highest BCUT2D eigenvalue weighted by Crippen LogP contribution is 2.35. The number of amides is 1. The van der Waals surface area contributed by atoms with Crippen LogP contribution >= 0.6 is 24.0 Å². The predicted octanol–water partition coefficient (Wildman–Crippen LogP) is 0.00720. The Labute approximate surface area is 136 Å². The van der Waals surface area contributed by atoms with Crippen molar-refractivity contribution in [2.75, 3.05) is 13.7 Å². The van der Waals surface area contributed by atoms with Gasteiger partial charge in [-0.3, -0.25) is 9.69 Å². The zero-order valence-electron chi connectivity index (χ0n) is 11.5. The third-order valence-corrected chi connectivity index (χ3v) is 4.34. The summed E-state index contributed by atoms with van der Waals surface area (Å²) in [5.41, 5.74) is 0.666. The second-order valence-corrected chi connectivity index (χ2v) is 5.99. The largest absolute Gasteiger partial charge is 0.548 e. The first-order valence-corrected chi connectivity index (χ1v) is 7.44. The van der Waals surface area contributed by atoms with Crippen molar-refractivity contribution in [3.05, 3.63) is 34.7 Å². The number of aliphatic hydroxyl groups excluding tert-OH is 1. The first kappa shape index (κ1) is 16.5. The number of nitrogens with zero attached hydrogens (tertiary/aromatic N) is 1. The summed E-state index contributed by atoms with van der Waals surface area (Å²) in [7, 11) is 1.51. The Morgan fingerprint density at radius 2 is 2.23 bits per heavy atom. The molecule has 0 bridgehead atoms. The Morgan fingerprint density at radius 3 is 2.82 bits per heavy atom. The molecule has 1 aliphatic rings. The van der Waals surface area contributed by atoms with Crippen molar-refractivity contribution in [1.29, 1.82) is 0 Å². The van der Waals surface area contributed by atoms with Crippen LogP contribution in [0.2, 0.25) is 0 Å². The molecule has 0 spiro atoms. The Kier molecular flexibility index (Phi) is 5.17. The molecule has 0 aliphatic carbocycles. The molecule has 1 N–H and O–H groups in total. The summed E-state index contributed by atoms with van der Waals surface area (Å²) in [5, 5.41) is 20.1. The first-order valence-electron chi connectivity index (χ1n) is 6.21. The molecular formula is C14H12NO5S2-. The van der Waals surface area contributed by atoms with Gasteiger partial charge in [0.25, 0.3) is 5.91 Å². The minimum absolute atomic E-state index is 0.0643. The van der Waals surface area contributed by atoms with E-state index in [1.165, 1.54) is 7.11 Å². The maximum Gasteiger partial charge on any atom is 0.266 e. The Balaban J connectivity index is 2.35. The van der Waals surface area contributed by atoms with Crippen LogP contribution in [0, 0.1) is 0 Å². The van der Waals surface area contributed by atoms with Gasteiger partial charge in [0.2, 0.25) is 0 Å². The van der Waals surface area contributed by atoms with Crippen molar-refractivity contribution in [2.45, 2.75) is 6.04 Å². The van der Waals surface area contributed by atoms with E-state index >= 15 is 0 Å². The summed E-state index contributed by atoms with van der Waals surface area (Å²) in [6.45, 7) is -0.767. The molecule has 1 fully saturated rings. The fraction of sp³-hybridized carbons (Fsp3) is 0.214. The number of thiocarbonyl (C=S) groups is 1. The number of hydrogen-bond acceptors (Lipinski definition) is 7. The number of benzene rings is 1. The number of carboxylic acids is 1. The summed E-state index contributed by atoms with van der Waals surface area (Å²) in [5.74, 6) is -1.56. The topological polar surface area (TPSA) is 89.9 Å². The Morgan fingerprint density at radius 1 is 1.55 bits per heavy atom. The number of aliphatic hydroxyl groups is 1. The van der Waals surface area contributed by atoms with Gasteiger partial charge in [0, 0.05) is 5.56 Å². The summed E-state index contributed by atoms with van der Waals surface area (Å²) < 4.78 is 5.26. The van der Waals surface area contributed by atoms with Crippen molar-refractivity contribution < 1.29 is 24.5 Å². The molecule has 8 heteroatoms. The number of thioether (sulfide) groups is 1. The number of methoxy groups -OCH3 is 1. The maximum absolute atomic E-state index is 12.3. The van der Waals surface area contributed by atoms with Gasteiger partial charge in [-0.15, -0.1) is 0 Å². The first-order chi connectivity index (χ1) is 10.5. The van der Waals surface area contributed by atoms with E-state index in [1.54, 1.807) is 30.3 Å². The van der Waals surface area contributed by atoms with Crippen LogP contribution in [0.15, 0.2) is 29.2 Å².